The molecule has 3 atom stereocenters. The third-order valence-electron chi connectivity index (χ3n) is 1.93. The summed E-state index contributed by atoms with van der Waals surface area (Å²) in [6, 6.07) is 0.255. The van der Waals surface area contributed by atoms with Crippen molar-refractivity contribution in [2.45, 2.75) is 23.0 Å². The van der Waals surface area contributed by atoms with Crippen molar-refractivity contribution in [3.8, 4) is 0 Å². The zero-order valence-electron chi connectivity index (χ0n) is 7.21. The average molecular weight is 273 g/mol. The van der Waals surface area contributed by atoms with E-state index in [0.717, 1.165) is 0 Å². The topological polar surface area (TPSA) is 44.5 Å². The van der Waals surface area contributed by atoms with E-state index >= 15 is 0 Å². The molecule has 3 unspecified atom stereocenters. The summed E-state index contributed by atoms with van der Waals surface area (Å²) < 4.78 is 12.4. The fraction of sp³-hybridized carbons (Fsp3) is 1.00. The van der Waals surface area contributed by atoms with Crippen LogP contribution in [0.1, 0.15) is 6.92 Å². The zero-order valence-corrected chi connectivity index (χ0v) is 9.37. The van der Waals surface area contributed by atoms with Gasteiger partial charge in [-0.1, -0.05) is 0 Å². The van der Waals surface area contributed by atoms with Crippen LogP contribution in [0.5, 0.6) is 0 Å². The van der Waals surface area contributed by atoms with Crippen LogP contribution >= 0.6 is 20.2 Å². The third-order valence-corrected chi connectivity index (χ3v) is 7.71. The molecule has 1 rings (SSSR count). The van der Waals surface area contributed by atoms with Gasteiger partial charge in [0.1, 0.15) is 0 Å². The molecule has 0 bridgehead atoms. The van der Waals surface area contributed by atoms with Crippen molar-refractivity contribution in [1.82, 2.24) is 0 Å². The van der Waals surface area contributed by atoms with Gasteiger partial charge in [0.2, 0.25) is 0 Å². The molecule has 1 aliphatic rings. The molecule has 11 heavy (non-hydrogen) atoms. The van der Waals surface area contributed by atoms with Crippen molar-refractivity contribution in [3.05, 3.63) is 0 Å². The van der Waals surface area contributed by atoms with Crippen molar-refractivity contribution < 1.29 is 7.80 Å². The van der Waals surface area contributed by atoms with Crippen LogP contribution in [0.15, 0.2) is 0 Å². The van der Waals surface area contributed by atoms with Gasteiger partial charge in [0.05, 0.1) is 0 Å². The molecule has 0 aromatic carbocycles. The Kier molecular flexibility index (Phi) is 3.54. The van der Waals surface area contributed by atoms with Gasteiger partial charge in [-0.05, 0) is 0 Å². The Bertz CT molecular complexity index is 130. The summed E-state index contributed by atoms with van der Waals surface area (Å²) >= 11 is -1.21. The van der Waals surface area contributed by atoms with Gasteiger partial charge < -0.3 is 0 Å². The molecular weight excluding hydrogens is 257 g/mol. The van der Waals surface area contributed by atoms with E-state index in [4.69, 9.17) is 13.5 Å². The summed E-state index contributed by atoms with van der Waals surface area (Å²) in [5.41, 5.74) is 5.81. The van der Waals surface area contributed by atoms with Crippen molar-refractivity contribution in [2.24, 2.45) is 5.73 Å². The van der Waals surface area contributed by atoms with Crippen LogP contribution in [0, 0.1) is 0 Å². The molecule has 1 saturated carbocycles. The molecular formula is C7H16INO2. The molecule has 0 amide bonds. The quantitative estimate of drug-likeness (QED) is 0.608. The number of rotatable bonds is 4. The van der Waals surface area contributed by atoms with Crippen molar-refractivity contribution in [2.75, 3.05) is 18.6 Å². The number of hydrogen-bond donors (Lipinski definition) is 1. The molecule has 0 aromatic rings. The number of alkyl halides is 2. The first kappa shape index (κ1) is 9.70. The minimum absolute atomic E-state index is 0.255. The van der Waals surface area contributed by atoms with Crippen LogP contribution in [0.4, 0.5) is 0 Å². The molecule has 0 radical (unpaired) electrons. The molecule has 68 valence electrons. The Morgan fingerprint density at radius 1 is 1.45 bits per heavy atom. The zero-order chi connectivity index (χ0) is 8.43. The molecule has 0 aromatic heterocycles. The Morgan fingerprint density at radius 2 is 2.09 bits per heavy atom. The van der Waals surface area contributed by atoms with E-state index in [1.54, 1.807) is 14.2 Å². The summed E-state index contributed by atoms with van der Waals surface area (Å²) in [6.45, 7) is 2.17. The molecule has 1 aliphatic carbocycles. The number of nitrogens with two attached hydrogens (primary N) is 1. The molecule has 3 nitrogen and oxygen atoms in total. The van der Waals surface area contributed by atoms with E-state index in [2.05, 4.69) is 6.92 Å². The minimum atomic E-state index is -1.21. The second-order valence-electron chi connectivity index (χ2n) is 2.50. The number of halogens is 1. The fourth-order valence-corrected chi connectivity index (χ4v) is 6.13. The fourth-order valence-electron chi connectivity index (χ4n) is 1.25. The van der Waals surface area contributed by atoms with Crippen LogP contribution in [-0.4, -0.2) is 34.7 Å². The van der Waals surface area contributed by atoms with Crippen LogP contribution < -0.4 is 5.73 Å². The summed E-state index contributed by atoms with van der Waals surface area (Å²) in [7, 11) is 3.52. The molecule has 0 spiro atoms. The summed E-state index contributed by atoms with van der Waals surface area (Å²) in [5.74, 6) is 0. The predicted octanol–water partition coefficient (Wildman–Crippen LogP) is 0.799. The van der Waals surface area contributed by atoms with Crippen LogP contribution in [-0.2, 0) is 7.80 Å². The molecule has 0 saturated heterocycles. The first-order valence-corrected chi connectivity index (χ1v) is 7.38. The maximum absolute atomic E-state index is 5.81. The monoisotopic (exact) mass is 273 g/mol. The SMILES string of the molecule is CCI(OC)C1C(N)C1OC. The second-order valence-corrected chi connectivity index (χ2v) is 8.35. The van der Waals surface area contributed by atoms with E-state index in [1.165, 1.54) is 4.43 Å². The Hall–Kier alpha value is 0.610. The third kappa shape index (κ3) is 1.85. The first-order valence-electron chi connectivity index (χ1n) is 3.73. The summed E-state index contributed by atoms with van der Waals surface area (Å²) in [4.78, 5) is 0. The van der Waals surface area contributed by atoms with Gasteiger partial charge in [-0.25, -0.2) is 0 Å². The molecule has 0 heterocycles. The molecule has 1 fully saturated rings. The van der Waals surface area contributed by atoms with Gasteiger partial charge >= 0.3 is 75.4 Å². The number of methoxy groups -OCH3 is 1. The van der Waals surface area contributed by atoms with E-state index < -0.39 is 20.2 Å². The first-order chi connectivity index (χ1) is 5.26. The second kappa shape index (κ2) is 4.02. The number of ether oxygens (including phenoxy) is 1. The Labute approximate surface area is 75.6 Å². The average Bonchev–Trinajstić information content (AvgIpc) is 2.65. The standard InChI is InChI=1S/C7H16INO2/c1-4-8(11-3)5-6(9)7(5)10-2/h5-7H,4,9H2,1-3H3. The summed E-state index contributed by atoms with van der Waals surface area (Å²) in [5, 5.41) is 0. The van der Waals surface area contributed by atoms with Gasteiger partial charge in [0.15, 0.2) is 0 Å². The van der Waals surface area contributed by atoms with E-state index in [0.29, 0.717) is 10.0 Å². The van der Waals surface area contributed by atoms with Gasteiger partial charge in [0, 0.05) is 0 Å². The van der Waals surface area contributed by atoms with E-state index in [1.807, 2.05) is 0 Å². The van der Waals surface area contributed by atoms with Crippen molar-refractivity contribution in [1.29, 1.82) is 0 Å². The molecule has 2 N–H and O–H groups in total. The van der Waals surface area contributed by atoms with E-state index in [9.17, 15) is 0 Å². The van der Waals surface area contributed by atoms with Crippen molar-refractivity contribution >= 4 is 20.2 Å². The number of hydrogen-bond acceptors (Lipinski definition) is 3. The van der Waals surface area contributed by atoms with E-state index in [-0.39, 0.29) is 6.04 Å². The van der Waals surface area contributed by atoms with Gasteiger partial charge in [-0.15, -0.1) is 0 Å². The van der Waals surface area contributed by atoms with Gasteiger partial charge in [-0.3, -0.25) is 0 Å². The van der Waals surface area contributed by atoms with Crippen LogP contribution in [0.25, 0.3) is 0 Å². The van der Waals surface area contributed by atoms with Crippen LogP contribution in [0.2, 0.25) is 0 Å². The normalized spacial score (nSPS) is 37.1. The predicted molar refractivity (Wildman–Crippen MR) is 54.1 cm³/mol. The molecule has 0 aliphatic heterocycles. The maximum atomic E-state index is 5.81. The van der Waals surface area contributed by atoms with Crippen LogP contribution in [0.3, 0.4) is 0 Å². The summed E-state index contributed by atoms with van der Waals surface area (Å²) in [6.07, 6.45) is 0.292. The Morgan fingerprint density at radius 3 is 2.36 bits per heavy atom. The Balaban J connectivity index is 2.37. The molecule has 4 heteroatoms. The van der Waals surface area contributed by atoms with Crippen molar-refractivity contribution in [3.63, 3.8) is 0 Å². The van der Waals surface area contributed by atoms with Gasteiger partial charge in [0.25, 0.3) is 0 Å². The van der Waals surface area contributed by atoms with Gasteiger partial charge in [-0.2, -0.15) is 0 Å².